The highest BCUT2D eigenvalue weighted by molar-refractivity contribution is 5.83. The molecule has 1 N–H and O–H groups in total. The van der Waals surface area contributed by atoms with E-state index < -0.39 is 16.4 Å². The Morgan fingerprint density at radius 2 is 2.05 bits per heavy atom. The number of hydrogen-bond donors (Lipinski definition) is 1. The second-order valence-electron chi connectivity index (χ2n) is 5.70. The summed E-state index contributed by atoms with van der Waals surface area (Å²) in [6.07, 6.45) is 0. The first-order valence-electron chi connectivity index (χ1n) is 6.77. The number of carboxylic acid groups (broad SMARTS) is 1. The van der Waals surface area contributed by atoms with E-state index in [9.17, 15) is 20.0 Å². The maximum absolute atomic E-state index is 11.5. The van der Waals surface area contributed by atoms with Gasteiger partial charge in [0, 0.05) is 19.5 Å². The van der Waals surface area contributed by atoms with Crippen molar-refractivity contribution in [2.75, 3.05) is 11.4 Å². The van der Waals surface area contributed by atoms with Crippen molar-refractivity contribution in [3.63, 3.8) is 0 Å². The average Bonchev–Trinajstić information content (AvgIpc) is 2.68. The second-order valence-corrected chi connectivity index (χ2v) is 5.70. The molecule has 0 unspecified atom stereocenters. The largest absolute Gasteiger partial charge is 0.480 e. The van der Waals surface area contributed by atoms with Crippen LogP contribution in [0.3, 0.4) is 0 Å². The summed E-state index contributed by atoms with van der Waals surface area (Å²) in [5, 5.41) is 25.1. The lowest BCUT2D eigenvalue weighted by Gasteiger charge is -2.35. The van der Waals surface area contributed by atoms with Crippen LogP contribution in [0.25, 0.3) is 0 Å². The summed E-state index contributed by atoms with van der Waals surface area (Å²) >= 11 is 0. The van der Waals surface area contributed by atoms with E-state index in [-0.39, 0.29) is 17.4 Å². The van der Waals surface area contributed by atoms with Crippen molar-refractivity contribution in [2.24, 2.45) is 7.05 Å². The van der Waals surface area contributed by atoms with Crippen LogP contribution >= 0.6 is 0 Å². The highest BCUT2D eigenvalue weighted by Gasteiger charge is 2.41. The zero-order valence-electron chi connectivity index (χ0n) is 13.2. The summed E-state index contributed by atoms with van der Waals surface area (Å²) in [6.45, 7) is 8.75. The highest BCUT2D eigenvalue weighted by atomic mass is 16.6. The first kappa shape index (κ1) is 16.9. The first-order chi connectivity index (χ1) is 9.55. The topological polar surface area (TPSA) is 101 Å². The van der Waals surface area contributed by atoms with Crippen molar-refractivity contribution < 1.29 is 14.8 Å². The van der Waals surface area contributed by atoms with E-state index in [1.54, 1.807) is 14.0 Å². The van der Waals surface area contributed by atoms with E-state index in [1.807, 2.05) is 13.8 Å². The van der Waals surface area contributed by atoms with E-state index >= 15 is 0 Å². The molecule has 1 aromatic heterocycles. The summed E-state index contributed by atoms with van der Waals surface area (Å²) in [5.74, 6) is -0.957. The van der Waals surface area contributed by atoms with Crippen LogP contribution < -0.4 is 4.90 Å². The Morgan fingerprint density at radius 3 is 2.38 bits per heavy atom. The molecular formula is C13H22N4O4. The molecule has 118 valence electrons. The molecule has 0 fully saturated rings. The van der Waals surface area contributed by atoms with Gasteiger partial charge in [-0.3, -0.25) is 10.1 Å². The molecule has 0 radical (unpaired) electrons. The fourth-order valence-corrected chi connectivity index (χ4v) is 2.32. The van der Waals surface area contributed by atoms with Gasteiger partial charge < -0.3 is 10.0 Å². The number of anilines is 1. The minimum atomic E-state index is -1.28. The second kappa shape index (κ2) is 5.71. The molecule has 1 aromatic rings. The molecule has 0 aliphatic carbocycles. The number of aliphatic carboxylic acids is 1. The van der Waals surface area contributed by atoms with Gasteiger partial charge >= 0.3 is 11.7 Å². The van der Waals surface area contributed by atoms with Crippen LogP contribution in [0.15, 0.2) is 0 Å². The van der Waals surface area contributed by atoms with Crippen molar-refractivity contribution in [3.8, 4) is 0 Å². The Balaban J connectivity index is 3.61. The van der Waals surface area contributed by atoms with Crippen LogP contribution in [0.5, 0.6) is 0 Å². The first-order valence-corrected chi connectivity index (χ1v) is 6.77. The minimum Gasteiger partial charge on any atom is -0.480 e. The molecule has 21 heavy (non-hydrogen) atoms. The monoisotopic (exact) mass is 298 g/mol. The van der Waals surface area contributed by atoms with Gasteiger partial charge in [-0.1, -0.05) is 13.8 Å². The van der Waals surface area contributed by atoms with Crippen molar-refractivity contribution >= 4 is 17.5 Å². The lowest BCUT2D eigenvalue weighted by molar-refractivity contribution is -0.385. The molecule has 0 aliphatic rings. The number of carboxylic acids is 1. The van der Waals surface area contributed by atoms with Crippen LogP contribution in [0.4, 0.5) is 11.5 Å². The maximum atomic E-state index is 11.5. The van der Waals surface area contributed by atoms with Crippen LogP contribution in [0, 0.1) is 10.1 Å². The van der Waals surface area contributed by atoms with Gasteiger partial charge in [0.2, 0.25) is 5.82 Å². The van der Waals surface area contributed by atoms with E-state index in [1.165, 1.54) is 23.4 Å². The van der Waals surface area contributed by atoms with E-state index in [4.69, 9.17) is 0 Å². The average molecular weight is 298 g/mol. The summed E-state index contributed by atoms with van der Waals surface area (Å²) in [6, 6.07) is 0. The van der Waals surface area contributed by atoms with Crippen LogP contribution in [0.2, 0.25) is 0 Å². The van der Waals surface area contributed by atoms with Gasteiger partial charge in [0.25, 0.3) is 0 Å². The normalized spacial score (nSPS) is 11.8. The zero-order chi connectivity index (χ0) is 16.5. The molecule has 8 nitrogen and oxygen atoms in total. The maximum Gasteiger partial charge on any atom is 0.334 e. The van der Waals surface area contributed by atoms with Gasteiger partial charge in [-0.25, -0.2) is 9.48 Å². The quantitative estimate of drug-likeness (QED) is 0.637. The predicted octanol–water partition coefficient (Wildman–Crippen LogP) is 2.14. The molecule has 0 aliphatic heterocycles. The number of rotatable bonds is 6. The van der Waals surface area contributed by atoms with Crippen LogP contribution in [-0.4, -0.2) is 37.9 Å². The van der Waals surface area contributed by atoms with Gasteiger partial charge in [0.05, 0.1) is 4.92 Å². The number of nitro groups is 1. The Labute approximate surface area is 123 Å². The molecular weight excluding hydrogens is 276 g/mol. The molecule has 8 heteroatoms. The lowest BCUT2D eigenvalue weighted by Crippen LogP contribution is -2.51. The van der Waals surface area contributed by atoms with E-state index in [2.05, 4.69) is 5.10 Å². The van der Waals surface area contributed by atoms with Crippen molar-refractivity contribution in [1.82, 2.24) is 9.78 Å². The third kappa shape index (κ3) is 2.84. The summed E-state index contributed by atoms with van der Waals surface area (Å²) in [5.41, 5.74) is -1.04. The summed E-state index contributed by atoms with van der Waals surface area (Å²) in [4.78, 5) is 23.9. The SMILES string of the molecule is CCN(c1c([N+](=O)[O-])c(C(C)C)nn1C)C(C)(C)C(=O)O. The number of hydrogen-bond acceptors (Lipinski definition) is 5. The third-order valence-corrected chi connectivity index (χ3v) is 3.52. The highest BCUT2D eigenvalue weighted by Crippen LogP contribution is 2.38. The third-order valence-electron chi connectivity index (χ3n) is 3.52. The molecule has 0 aromatic carbocycles. The van der Waals surface area contributed by atoms with E-state index in [0.717, 1.165) is 0 Å². The predicted molar refractivity (Wildman–Crippen MR) is 78.7 cm³/mol. The molecule has 1 heterocycles. The van der Waals surface area contributed by atoms with Crippen molar-refractivity contribution in [1.29, 1.82) is 0 Å². The van der Waals surface area contributed by atoms with E-state index in [0.29, 0.717) is 12.2 Å². The van der Waals surface area contributed by atoms with Gasteiger partial charge in [0.15, 0.2) is 0 Å². The van der Waals surface area contributed by atoms with Gasteiger partial charge in [-0.05, 0) is 20.8 Å². The molecule has 0 atom stereocenters. The Kier molecular flexibility index (Phi) is 4.60. The Hall–Kier alpha value is -2.12. The van der Waals surface area contributed by atoms with Crippen molar-refractivity contribution in [3.05, 3.63) is 15.8 Å². The zero-order valence-corrected chi connectivity index (χ0v) is 13.2. The molecule has 1 rings (SSSR count). The van der Waals surface area contributed by atoms with Crippen molar-refractivity contribution in [2.45, 2.75) is 46.1 Å². The summed E-state index contributed by atoms with van der Waals surface area (Å²) < 4.78 is 1.39. The number of aryl methyl sites for hydroxylation is 1. The molecule has 0 amide bonds. The lowest BCUT2D eigenvalue weighted by atomic mass is 10.0. The number of likely N-dealkylation sites (N-methyl/N-ethyl adjacent to an activating group) is 1. The number of carbonyl (C=O) groups is 1. The number of nitrogens with zero attached hydrogens (tertiary/aromatic N) is 4. The molecule has 0 spiro atoms. The smallest absolute Gasteiger partial charge is 0.334 e. The fraction of sp³-hybridized carbons (Fsp3) is 0.692. The van der Waals surface area contributed by atoms with Gasteiger partial charge in [-0.15, -0.1) is 0 Å². The van der Waals surface area contributed by atoms with Crippen LogP contribution in [-0.2, 0) is 11.8 Å². The fourth-order valence-electron chi connectivity index (χ4n) is 2.32. The Morgan fingerprint density at radius 1 is 1.52 bits per heavy atom. The molecule has 0 bridgehead atoms. The van der Waals surface area contributed by atoms with Gasteiger partial charge in [-0.2, -0.15) is 5.10 Å². The van der Waals surface area contributed by atoms with Crippen LogP contribution in [0.1, 0.15) is 46.2 Å². The molecule has 0 saturated carbocycles. The number of aromatic nitrogens is 2. The minimum absolute atomic E-state index is 0.122. The van der Waals surface area contributed by atoms with Gasteiger partial charge in [0.1, 0.15) is 11.2 Å². The standard InChI is InChI=1S/C13H22N4O4/c1-7-16(13(4,5)12(18)19)11-10(17(20)21)9(8(2)3)14-15(11)6/h8H,7H2,1-6H3,(H,18,19). The summed E-state index contributed by atoms with van der Waals surface area (Å²) in [7, 11) is 1.59. The molecule has 0 saturated heterocycles. The Bertz CT molecular complexity index is 563.